The number of nitrogens with one attached hydrogen (secondary N) is 3. The molecule has 26 heavy (non-hydrogen) atoms. The highest BCUT2D eigenvalue weighted by atomic mass is 35.5. The van der Waals surface area contributed by atoms with Crippen molar-refractivity contribution in [1.82, 2.24) is 35.1 Å². The van der Waals surface area contributed by atoms with Crippen molar-refractivity contribution in [3.8, 4) is 0 Å². The molecule has 3 aromatic rings. The standard InChI is InChI=1S/C15H15ClFN9/c1-7(12-18-5-9(17)6-19-12)20-14-22-13(16)23-15(24-14)21-11-4-10(25-26-11)8-2-3-8/h4-8H,2-3H2,1H3,(H3,20,21,22,23,24,25,26). The van der Waals surface area contributed by atoms with Gasteiger partial charge in [0.1, 0.15) is 5.82 Å². The Morgan fingerprint density at radius 1 is 1.19 bits per heavy atom. The van der Waals surface area contributed by atoms with E-state index in [1.165, 1.54) is 12.8 Å². The van der Waals surface area contributed by atoms with Crippen LogP contribution in [-0.2, 0) is 0 Å². The van der Waals surface area contributed by atoms with Crippen LogP contribution in [0, 0.1) is 5.82 Å². The summed E-state index contributed by atoms with van der Waals surface area (Å²) in [6.45, 7) is 1.80. The molecule has 0 bridgehead atoms. The number of hydrogen-bond acceptors (Lipinski definition) is 8. The Bertz CT molecular complexity index is 910. The van der Waals surface area contributed by atoms with Crippen molar-refractivity contribution < 1.29 is 4.39 Å². The second-order valence-corrected chi connectivity index (χ2v) is 6.32. The molecule has 11 heteroatoms. The van der Waals surface area contributed by atoms with E-state index in [0.29, 0.717) is 17.6 Å². The van der Waals surface area contributed by atoms with Crippen molar-refractivity contribution in [1.29, 1.82) is 0 Å². The number of rotatable bonds is 6. The van der Waals surface area contributed by atoms with E-state index in [4.69, 9.17) is 11.6 Å². The second-order valence-electron chi connectivity index (χ2n) is 5.98. The lowest BCUT2D eigenvalue weighted by molar-refractivity contribution is 0.604. The van der Waals surface area contributed by atoms with Gasteiger partial charge >= 0.3 is 0 Å². The number of anilines is 3. The number of aromatic amines is 1. The van der Waals surface area contributed by atoms with Gasteiger partial charge in [-0.3, -0.25) is 5.10 Å². The molecular weight excluding hydrogens is 361 g/mol. The van der Waals surface area contributed by atoms with Crippen LogP contribution in [0.15, 0.2) is 18.5 Å². The maximum absolute atomic E-state index is 12.9. The van der Waals surface area contributed by atoms with Crippen molar-refractivity contribution in [3.05, 3.63) is 41.1 Å². The highest BCUT2D eigenvalue weighted by molar-refractivity contribution is 6.28. The molecule has 1 aliphatic rings. The molecule has 3 aromatic heterocycles. The fraction of sp³-hybridized carbons (Fsp3) is 0.333. The first kappa shape index (κ1) is 16.6. The molecule has 0 saturated heterocycles. The average Bonchev–Trinajstić information content (AvgIpc) is 3.35. The first-order valence-electron chi connectivity index (χ1n) is 8.05. The number of nitrogens with zero attached hydrogens (tertiary/aromatic N) is 6. The summed E-state index contributed by atoms with van der Waals surface area (Å²) >= 11 is 5.98. The van der Waals surface area contributed by atoms with E-state index in [2.05, 4.69) is 45.8 Å². The van der Waals surface area contributed by atoms with Crippen LogP contribution in [-0.4, -0.2) is 35.1 Å². The lowest BCUT2D eigenvalue weighted by atomic mass is 10.3. The summed E-state index contributed by atoms with van der Waals surface area (Å²) in [6, 6.07) is 1.58. The van der Waals surface area contributed by atoms with Gasteiger partial charge in [0, 0.05) is 17.7 Å². The molecule has 0 aromatic carbocycles. The maximum Gasteiger partial charge on any atom is 0.234 e. The van der Waals surface area contributed by atoms with Crippen molar-refractivity contribution in [2.75, 3.05) is 10.6 Å². The van der Waals surface area contributed by atoms with E-state index in [9.17, 15) is 4.39 Å². The van der Waals surface area contributed by atoms with E-state index in [0.717, 1.165) is 18.1 Å². The lowest BCUT2D eigenvalue weighted by Crippen LogP contribution is -2.14. The van der Waals surface area contributed by atoms with E-state index < -0.39 is 5.82 Å². The third kappa shape index (κ3) is 3.85. The molecule has 0 amide bonds. The van der Waals surface area contributed by atoms with Gasteiger partial charge in [0.15, 0.2) is 11.6 Å². The maximum atomic E-state index is 12.9. The normalized spacial score (nSPS) is 14.9. The molecule has 3 heterocycles. The van der Waals surface area contributed by atoms with Gasteiger partial charge < -0.3 is 10.6 Å². The predicted octanol–water partition coefficient (Wildman–Crippen LogP) is 2.97. The van der Waals surface area contributed by atoms with Crippen LogP contribution in [0.2, 0.25) is 5.28 Å². The summed E-state index contributed by atoms with van der Waals surface area (Å²) in [4.78, 5) is 20.2. The molecule has 4 rings (SSSR count). The molecule has 1 aliphatic carbocycles. The molecule has 1 atom stereocenters. The first-order chi connectivity index (χ1) is 12.6. The third-order valence-electron chi connectivity index (χ3n) is 3.84. The Labute approximate surface area is 152 Å². The predicted molar refractivity (Wildman–Crippen MR) is 92.7 cm³/mol. The Morgan fingerprint density at radius 3 is 2.65 bits per heavy atom. The Morgan fingerprint density at radius 2 is 1.92 bits per heavy atom. The topological polar surface area (TPSA) is 117 Å². The first-order valence-corrected chi connectivity index (χ1v) is 8.42. The quantitative estimate of drug-likeness (QED) is 0.602. The van der Waals surface area contributed by atoms with Gasteiger partial charge in [0.2, 0.25) is 17.2 Å². The monoisotopic (exact) mass is 375 g/mol. The van der Waals surface area contributed by atoms with Crippen molar-refractivity contribution in [3.63, 3.8) is 0 Å². The van der Waals surface area contributed by atoms with Gasteiger partial charge in [-0.1, -0.05) is 0 Å². The van der Waals surface area contributed by atoms with Crippen LogP contribution in [0.1, 0.15) is 43.2 Å². The fourth-order valence-electron chi connectivity index (χ4n) is 2.39. The molecule has 134 valence electrons. The van der Waals surface area contributed by atoms with Crippen LogP contribution in [0.25, 0.3) is 0 Å². The molecule has 1 fully saturated rings. The average molecular weight is 376 g/mol. The zero-order chi connectivity index (χ0) is 18.1. The van der Waals surface area contributed by atoms with Crippen LogP contribution >= 0.6 is 11.6 Å². The summed E-state index contributed by atoms with van der Waals surface area (Å²) in [6.07, 6.45) is 4.55. The SMILES string of the molecule is CC(Nc1nc(Cl)nc(Nc2cc(C3CC3)[nH]n2)n1)c1ncc(F)cn1. The van der Waals surface area contributed by atoms with Gasteiger partial charge in [-0.15, -0.1) is 0 Å². The fourth-order valence-corrected chi connectivity index (χ4v) is 2.55. The molecule has 0 aliphatic heterocycles. The zero-order valence-electron chi connectivity index (χ0n) is 13.7. The number of aromatic nitrogens is 7. The third-order valence-corrected chi connectivity index (χ3v) is 4.01. The van der Waals surface area contributed by atoms with Gasteiger partial charge in [-0.05, 0) is 31.4 Å². The Kier molecular flexibility index (Phi) is 4.33. The molecule has 1 saturated carbocycles. The van der Waals surface area contributed by atoms with Crippen molar-refractivity contribution in [2.24, 2.45) is 0 Å². The smallest absolute Gasteiger partial charge is 0.234 e. The minimum Gasteiger partial charge on any atom is -0.344 e. The van der Waals surface area contributed by atoms with Crippen LogP contribution < -0.4 is 10.6 Å². The number of H-pyrrole nitrogens is 1. The second kappa shape index (κ2) is 6.79. The van der Waals surface area contributed by atoms with Gasteiger partial charge in [-0.25, -0.2) is 14.4 Å². The minimum atomic E-state index is -0.500. The van der Waals surface area contributed by atoms with Gasteiger partial charge in [-0.2, -0.15) is 20.1 Å². The number of hydrogen-bond donors (Lipinski definition) is 3. The van der Waals surface area contributed by atoms with Gasteiger partial charge in [0.25, 0.3) is 0 Å². The Balaban J connectivity index is 1.48. The summed E-state index contributed by atoms with van der Waals surface area (Å²) < 4.78 is 12.9. The van der Waals surface area contributed by atoms with Crippen molar-refractivity contribution in [2.45, 2.75) is 31.7 Å². The van der Waals surface area contributed by atoms with Crippen molar-refractivity contribution >= 4 is 29.3 Å². The highest BCUT2D eigenvalue weighted by Gasteiger charge is 2.25. The van der Waals surface area contributed by atoms with E-state index >= 15 is 0 Å². The van der Waals surface area contributed by atoms with Gasteiger partial charge in [0.05, 0.1) is 18.4 Å². The molecule has 0 spiro atoms. The molecule has 3 N–H and O–H groups in total. The molecule has 9 nitrogen and oxygen atoms in total. The largest absolute Gasteiger partial charge is 0.344 e. The van der Waals surface area contributed by atoms with E-state index in [-0.39, 0.29) is 23.2 Å². The molecule has 1 unspecified atom stereocenters. The summed E-state index contributed by atoms with van der Waals surface area (Å²) in [5, 5.41) is 13.2. The number of halogens is 2. The molecule has 0 radical (unpaired) electrons. The summed E-state index contributed by atoms with van der Waals surface area (Å²) in [5.41, 5.74) is 1.09. The lowest BCUT2D eigenvalue weighted by Gasteiger charge is -2.12. The molecular formula is C15H15ClFN9. The van der Waals surface area contributed by atoms with E-state index in [1.807, 2.05) is 6.07 Å². The van der Waals surface area contributed by atoms with Crippen LogP contribution in [0.3, 0.4) is 0 Å². The highest BCUT2D eigenvalue weighted by Crippen LogP contribution is 2.39. The van der Waals surface area contributed by atoms with Crippen LogP contribution in [0.4, 0.5) is 22.1 Å². The van der Waals surface area contributed by atoms with Crippen LogP contribution in [0.5, 0.6) is 0 Å². The summed E-state index contributed by atoms with van der Waals surface area (Å²) in [5.74, 6) is 1.57. The minimum absolute atomic E-state index is 0.0233. The van der Waals surface area contributed by atoms with E-state index in [1.54, 1.807) is 6.92 Å². The summed E-state index contributed by atoms with van der Waals surface area (Å²) in [7, 11) is 0. The Hall–Kier alpha value is -2.88. The zero-order valence-corrected chi connectivity index (χ0v) is 14.5.